The minimum atomic E-state index is -0.0939. The monoisotopic (exact) mass is 401 g/mol. The number of ether oxygens (including phenoxy) is 1. The van der Waals surface area contributed by atoms with Crippen molar-refractivity contribution in [1.29, 1.82) is 0 Å². The van der Waals surface area contributed by atoms with Crippen molar-refractivity contribution in [2.45, 2.75) is 26.1 Å². The standard InChI is InChI=1S/C22H28ClN3O2/c1-17(18-7-9-21(23)10-8-18)25(2)22(27)24-15-19-5-3-4-6-20(19)16-26-11-13-28-14-12-26/h3-10,17H,11-16H2,1-2H3,(H,24,27)/t17-/m1/s1. The van der Waals surface area contributed by atoms with Gasteiger partial charge in [-0.3, -0.25) is 4.90 Å². The zero-order valence-corrected chi connectivity index (χ0v) is 17.3. The van der Waals surface area contributed by atoms with E-state index in [0.29, 0.717) is 11.6 Å². The molecule has 1 atom stereocenters. The van der Waals surface area contributed by atoms with Crippen LogP contribution in [0.15, 0.2) is 48.5 Å². The van der Waals surface area contributed by atoms with Gasteiger partial charge in [0.15, 0.2) is 0 Å². The summed E-state index contributed by atoms with van der Waals surface area (Å²) in [5.41, 5.74) is 3.45. The van der Waals surface area contributed by atoms with Crippen LogP contribution in [-0.4, -0.2) is 49.2 Å². The Balaban J connectivity index is 1.58. The summed E-state index contributed by atoms with van der Waals surface area (Å²) in [6.45, 7) is 6.86. The molecule has 2 aromatic carbocycles. The molecular weight excluding hydrogens is 374 g/mol. The van der Waals surface area contributed by atoms with Gasteiger partial charge in [-0.2, -0.15) is 0 Å². The highest BCUT2D eigenvalue weighted by atomic mass is 35.5. The number of hydrogen-bond acceptors (Lipinski definition) is 3. The van der Waals surface area contributed by atoms with Crippen LogP contribution in [0.1, 0.15) is 29.7 Å². The lowest BCUT2D eigenvalue weighted by Gasteiger charge is -2.28. The Morgan fingerprint density at radius 3 is 2.46 bits per heavy atom. The Kier molecular flexibility index (Phi) is 7.31. The highest BCUT2D eigenvalue weighted by Crippen LogP contribution is 2.21. The fraction of sp³-hybridized carbons (Fsp3) is 0.409. The van der Waals surface area contributed by atoms with Crippen molar-refractivity contribution in [2.75, 3.05) is 33.4 Å². The predicted octanol–water partition coefficient (Wildman–Crippen LogP) is 4.07. The van der Waals surface area contributed by atoms with Gasteiger partial charge in [-0.15, -0.1) is 0 Å². The molecule has 1 N–H and O–H groups in total. The summed E-state index contributed by atoms with van der Waals surface area (Å²) < 4.78 is 5.43. The number of nitrogens with one attached hydrogen (secondary N) is 1. The average Bonchev–Trinajstić information content (AvgIpc) is 2.73. The van der Waals surface area contributed by atoms with Crippen LogP contribution in [0.2, 0.25) is 5.02 Å². The van der Waals surface area contributed by atoms with Gasteiger partial charge in [0.2, 0.25) is 0 Å². The van der Waals surface area contributed by atoms with Crippen LogP contribution in [0.5, 0.6) is 0 Å². The normalized spacial score (nSPS) is 15.8. The quantitative estimate of drug-likeness (QED) is 0.793. The number of hydrogen-bond donors (Lipinski definition) is 1. The van der Waals surface area contributed by atoms with Crippen LogP contribution in [-0.2, 0) is 17.8 Å². The SMILES string of the molecule is C[C@H](c1ccc(Cl)cc1)N(C)C(=O)NCc1ccccc1CN1CCOCC1. The molecule has 6 heteroatoms. The van der Waals surface area contributed by atoms with E-state index in [0.717, 1.165) is 44.0 Å². The summed E-state index contributed by atoms with van der Waals surface area (Å²) in [4.78, 5) is 16.8. The van der Waals surface area contributed by atoms with E-state index in [2.05, 4.69) is 28.4 Å². The van der Waals surface area contributed by atoms with Gasteiger partial charge in [0.1, 0.15) is 0 Å². The second-order valence-corrected chi connectivity index (χ2v) is 7.59. The molecule has 2 aromatic rings. The van der Waals surface area contributed by atoms with Crippen molar-refractivity contribution in [3.05, 3.63) is 70.2 Å². The summed E-state index contributed by atoms with van der Waals surface area (Å²) in [7, 11) is 1.81. The topological polar surface area (TPSA) is 44.8 Å². The van der Waals surface area contributed by atoms with Crippen molar-refractivity contribution < 1.29 is 9.53 Å². The maximum atomic E-state index is 12.7. The number of carbonyl (C=O) groups excluding carboxylic acids is 1. The molecule has 1 fully saturated rings. The Morgan fingerprint density at radius 1 is 1.14 bits per heavy atom. The molecule has 0 saturated carbocycles. The number of halogens is 1. The smallest absolute Gasteiger partial charge is 0.317 e. The molecule has 0 aliphatic carbocycles. The lowest BCUT2D eigenvalue weighted by molar-refractivity contribution is 0.0341. The first-order valence-corrected chi connectivity index (χ1v) is 10.1. The Bertz CT molecular complexity index is 776. The van der Waals surface area contributed by atoms with Gasteiger partial charge in [0, 0.05) is 38.2 Å². The summed E-state index contributed by atoms with van der Waals surface area (Å²) in [6, 6.07) is 15.8. The van der Waals surface area contributed by atoms with E-state index in [1.807, 2.05) is 44.3 Å². The van der Waals surface area contributed by atoms with E-state index in [1.165, 1.54) is 5.56 Å². The fourth-order valence-electron chi connectivity index (χ4n) is 3.32. The third-order valence-corrected chi connectivity index (χ3v) is 5.55. The highest BCUT2D eigenvalue weighted by molar-refractivity contribution is 6.30. The zero-order chi connectivity index (χ0) is 19.9. The van der Waals surface area contributed by atoms with Crippen LogP contribution in [0, 0.1) is 0 Å². The van der Waals surface area contributed by atoms with Crippen LogP contribution < -0.4 is 5.32 Å². The second-order valence-electron chi connectivity index (χ2n) is 7.15. The second kappa shape index (κ2) is 9.92. The van der Waals surface area contributed by atoms with Crippen LogP contribution in [0.25, 0.3) is 0 Å². The number of morpholine rings is 1. The third kappa shape index (κ3) is 5.47. The lowest BCUT2D eigenvalue weighted by Crippen LogP contribution is -2.39. The Labute approximate surface area is 172 Å². The van der Waals surface area contributed by atoms with Crippen molar-refractivity contribution in [3.63, 3.8) is 0 Å². The van der Waals surface area contributed by atoms with E-state index in [4.69, 9.17) is 16.3 Å². The molecule has 1 aliphatic rings. The number of amides is 2. The van der Waals surface area contributed by atoms with Gasteiger partial charge >= 0.3 is 6.03 Å². The van der Waals surface area contributed by atoms with E-state index >= 15 is 0 Å². The Hall–Kier alpha value is -2.08. The minimum absolute atomic E-state index is 0.0409. The molecule has 0 spiro atoms. The van der Waals surface area contributed by atoms with Crippen molar-refractivity contribution >= 4 is 17.6 Å². The van der Waals surface area contributed by atoms with Crippen LogP contribution >= 0.6 is 11.6 Å². The molecule has 3 rings (SSSR count). The van der Waals surface area contributed by atoms with Gasteiger partial charge in [-0.1, -0.05) is 48.0 Å². The zero-order valence-electron chi connectivity index (χ0n) is 16.5. The largest absolute Gasteiger partial charge is 0.379 e. The molecule has 28 heavy (non-hydrogen) atoms. The molecule has 0 unspecified atom stereocenters. The molecule has 1 aliphatic heterocycles. The first-order valence-electron chi connectivity index (χ1n) is 9.67. The maximum Gasteiger partial charge on any atom is 0.317 e. The van der Waals surface area contributed by atoms with Crippen LogP contribution in [0.4, 0.5) is 4.79 Å². The first-order chi connectivity index (χ1) is 13.5. The minimum Gasteiger partial charge on any atom is -0.379 e. The van der Waals surface area contributed by atoms with Gasteiger partial charge in [0.25, 0.3) is 0 Å². The maximum absolute atomic E-state index is 12.7. The third-order valence-electron chi connectivity index (χ3n) is 5.30. The number of urea groups is 1. The average molecular weight is 402 g/mol. The molecule has 150 valence electrons. The van der Waals surface area contributed by atoms with Gasteiger partial charge in [-0.05, 0) is 35.7 Å². The predicted molar refractivity (Wildman–Crippen MR) is 112 cm³/mol. The van der Waals surface area contributed by atoms with E-state index < -0.39 is 0 Å². The van der Waals surface area contributed by atoms with Crippen molar-refractivity contribution in [3.8, 4) is 0 Å². The fourth-order valence-corrected chi connectivity index (χ4v) is 3.45. The molecule has 0 aromatic heterocycles. The number of carbonyl (C=O) groups is 1. The van der Waals surface area contributed by atoms with E-state index in [-0.39, 0.29) is 12.1 Å². The summed E-state index contributed by atoms with van der Waals surface area (Å²) in [5.74, 6) is 0. The molecule has 0 bridgehead atoms. The van der Waals surface area contributed by atoms with Gasteiger partial charge < -0.3 is 15.0 Å². The summed E-state index contributed by atoms with van der Waals surface area (Å²) >= 11 is 5.96. The molecular formula is C22H28ClN3O2. The number of benzene rings is 2. The molecule has 2 amide bonds. The lowest BCUT2D eigenvalue weighted by atomic mass is 10.1. The first kappa shape index (κ1) is 20.6. The summed E-state index contributed by atoms with van der Waals surface area (Å²) in [5, 5.41) is 3.75. The molecule has 1 heterocycles. The molecule has 0 radical (unpaired) electrons. The van der Waals surface area contributed by atoms with Gasteiger partial charge in [-0.25, -0.2) is 4.79 Å². The van der Waals surface area contributed by atoms with Crippen LogP contribution in [0.3, 0.4) is 0 Å². The highest BCUT2D eigenvalue weighted by Gasteiger charge is 2.18. The van der Waals surface area contributed by atoms with E-state index in [1.54, 1.807) is 4.90 Å². The molecule has 1 saturated heterocycles. The van der Waals surface area contributed by atoms with Crippen molar-refractivity contribution in [1.82, 2.24) is 15.1 Å². The van der Waals surface area contributed by atoms with Crippen molar-refractivity contribution in [2.24, 2.45) is 0 Å². The molecule has 5 nitrogen and oxygen atoms in total. The van der Waals surface area contributed by atoms with Gasteiger partial charge in [0.05, 0.1) is 19.3 Å². The summed E-state index contributed by atoms with van der Waals surface area (Å²) in [6.07, 6.45) is 0. The number of nitrogens with zero attached hydrogens (tertiary/aromatic N) is 2. The number of rotatable bonds is 6. The Morgan fingerprint density at radius 2 is 1.79 bits per heavy atom. The van der Waals surface area contributed by atoms with E-state index in [9.17, 15) is 4.79 Å².